The number of anilines is 2. The first kappa shape index (κ1) is 20.3. The van der Waals surface area contributed by atoms with Crippen molar-refractivity contribution in [3.05, 3.63) is 65.2 Å². The van der Waals surface area contributed by atoms with E-state index in [-0.39, 0.29) is 5.57 Å². The number of carbonyl (C=O) groups is 3. The first-order valence-electron chi connectivity index (χ1n) is 9.60. The van der Waals surface area contributed by atoms with Gasteiger partial charge in [-0.1, -0.05) is 38.1 Å². The number of carbonyl (C=O) groups excluding carboxylic acids is 3. The zero-order chi connectivity index (χ0) is 21.1. The van der Waals surface area contributed by atoms with Crippen LogP contribution in [-0.2, 0) is 9.59 Å². The number of hydrogen-bond acceptors (Lipinski definition) is 4. The van der Waals surface area contributed by atoms with Crippen LogP contribution < -0.4 is 15.1 Å². The highest BCUT2D eigenvalue weighted by molar-refractivity contribution is 6.39. The monoisotopic (exact) mass is 391 g/mol. The minimum absolute atomic E-state index is 0.0757. The van der Waals surface area contributed by atoms with Crippen molar-refractivity contribution in [3.8, 4) is 0 Å². The summed E-state index contributed by atoms with van der Waals surface area (Å²) in [5, 5.41) is 2.26. The lowest BCUT2D eigenvalue weighted by molar-refractivity contribution is -0.122. The maximum absolute atomic E-state index is 13.0. The molecule has 0 radical (unpaired) electrons. The highest BCUT2D eigenvalue weighted by Crippen LogP contribution is 2.26. The molecule has 0 spiro atoms. The van der Waals surface area contributed by atoms with Gasteiger partial charge in [0.1, 0.15) is 5.57 Å². The third kappa shape index (κ3) is 4.21. The van der Waals surface area contributed by atoms with Crippen LogP contribution >= 0.6 is 0 Å². The van der Waals surface area contributed by atoms with Gasteiger partial charge in [0.25, 0.3) is 11.8 Å². The Kier molecular flexibility index (Phi) is 5.82. The molecule has 1 aliphatic heterocycles. The van der Waals surface area contributed by atoms with Crippen LogP contribution in [0.4, 0.5) is 16.2 Å². The molecule has 2 aromatic rings. The Morgan fingerprint density at radius 1 is 1.00 bits per heavy atom. The fourth-order valence-corrected chi connectivity index (χ4v) is 3.11. The Morgan fingerprint density at radius 3 is 2.17 bits per heavy atom. The van der Waals surface area contributed by atoms with Crippen molar-refractivity contribution >= 4 is 35.3 Å². The van der Waals surface area contributed by atoms with Gasteiger partial charge in [-0.2, -0.15) is 0 Å². The maximum Gasteiger partial charge on any atom is 0.335 e. The molecule has 6 heteroatoms. The lowest BCUT2D eigenvalue weighted by Crippen LogP contribution is -2.54. The number of urea groups is 1. The molecule has 0 bridgehead atoms. The Morgan fingerprint density at radius 2 is 1.62 bits per heavy atom. The molecule has 0 aliphatic carbocycles. The minimum atomic E-state index is -0.739. The van der Waals surface area contributed by atoms with Gasteiger partial charge >= 0.3 is 6.03 Å². The third-order valence-electron chi connectivity index (χ3n) is 5.15. The minimum Gasteiger partial charge on any atom is -0.378 e. The van der Waals surface area contributed by atoms with Crippen LogP contribution in [0.1, 0.15) is 37.3 Å². The largest absolute Gasteiger partial charge is 0.378 e. The van der Waals surface area contributed by atoms with Crippen LogP contribution in [0.2, 0.25) is 0 Å². The van der Waals surface area contributed by atoms with Crippen LogP contribution in [0.25, 0.3) is 6.08 Å². The Hall–Kier alpha value is -3.41. The second kappa shape index (κ2) is 8.31. The lowest BCUT2D eigenvalue weighted by Gasteiger charge is -2.26. The van der Waals surface area contributed by atoms with E-state index in [1.54, 1.807) is 12.1 Å². The van der Waals surface area contributed by atoms with Crippen LogP contribution in [0, 0.1) is 0 Å². The molecule has 3 rings (SSSR count). The van der Waals surface area contributed by atoms with E-state index in [1.807, 2.05) is 55.4 Å². The third-order valence-corrected chi connectivity index (χ3v) is 5.15. The number of nitrogens with one attached hydrogen (secondary N) is 1. The van der Waals surface area contributed by atoms with E-state index in [0.29, 0.717) is 17.2 Å². The van der Waals surface area contributed by atoms with Crippen molar-refractivity contribution in [2.75, 3.05) is 23.9 Å². The zero-order valence-corrected chi connectivity index (χ0v) is 17.1. The van der Waals surface area contributed by atoms with E-state index >= 15 is 0 Å². The molecule has 29 heavy (non-hydrogen) atoms. The molecular weight excluding hydrogens is 366 g/mol. The highest BCUT2D eigenvalue weighted by atomic mass is 16.2. The van der Waals surface area contributed by atoms with E-state index in [1.165, 1.54) is 6.08 Å². The zero-order valence-electron chi connectivity index (χ0n) is 17.1. The molecule has 0 unspecified atom stereocenters. The summed E-state index contributed by atoms with van der Waals surface area (Å²) in [6.45, 7) is 4.22. The second-order valence-electron chi connectivity index (χ2n) is 7.34. The van der Waals surface area contributed by atoms with Crippen molar-refractivity contribution in [1.82, 2.24) is 5.32 Å². The molecule has 1 saturated heterocycles. The van der Waals surface area contributed by atoms with Crippen LogP contribution in [0.15, 0.2) is 54.1 Å². The van der Waals surface area contributed by atoms with Crippen molar-refractivity contribution in [2.24, 2.45) is 0 Å². The average molecular weight is 391 g/mol. The van der Waals surface area contributed by atoms with E-state index in [4.69, 9.17) is 0 Å². The van der Waals surface area contributed by atoms with E-state index < -0.39 is 17.8 Å². The van der Waals surface area contributed by atoms with Gasteiger partial charge in [-0.25, -0.2) is 9.69 Å². The molecule has 6 nitrogen and oxygen atoms in total. The fourth-order valence-electron chi connectivity index (χ4n) is 3.11. The molecule has 1 aliphatic rings. The summed E-state index contributed by atoms with van der Waals surface area (Å²) in [5.41, 5.74) is 3.20. The van der Waals surface area contributed by atoms with Gasteiger partial charge in [0, 0.05) is 19.8 Å². The standard InChI is InChI=1S/C23H25N3O3/c1-5-15(2)17-8-12-19(13-9-17)26-22(28)20(21(27)24-23(26)29)14-16-6-10-18(11-7-16)25(3)4/h6-15H,5H2,1-4H3,(H,24,27,29)/b20-14-/t15-/m0/s1. The van der Waals surface area contributed by atoms with Gasteiger partial charge in [-0.15, -0.1) is 0 Å². The number of amides is 4. The fraction of sp³-hybridized carbons (Fsp3) is 0.261. The average Bonchev–Trinajstić information content (AvgIpc) is 2.71. The highest BCUT2D eigenvalue weighted by Gasteiger charge is 2.36. The number of benzene rings is 2. The van der Waals surface area contributed by atoms with E-state index in [9.17, 15) is 14.4 Å². The number of hydrogen-bond donors (Lipinski definition) is 1. The van der Waals surface area contributed by atoms with Crippen LogP contribution in [0.5, 0.6) is 0 Å². The lowest BCUT2D eigenvalue weighted by atomic mass is 9.98. The van der Waals surface area contributed by atoms with Crippen LogP contribution in [0.3, 0.4) is 0 Å². The first-order chi connectivity index (χ1) is 13.8. The van der Waals surface area contributed by atoms with Gasteiger partial charge in [0.2, 0.25) is 0 Å². The summed E-state index contributed by atoms with van der Waals surface area (Å²) in [7, 11) is 3.86. The Bertz CT molecular complexity index is 960. The summed E-state index contributed by atoms with van der Waals surface area (Å²) in [6.07, 6.45) is 2.50. The van der Waals surface area contributed by atoms with Gasteiger partial charge in [0.05, 0.1) is 5.69 Å². The van der Waals surface area contributed by atoms with Crippen molar-refractivity contribution in [1.29, 1.82) is 0 Å². The molecule has 1 N–H and O–H groups in total. The van der Waals surface area contributed by atoms with Gasteiger partial charge in [-0.3, -0.25) is 14.9 Å². The molecule has 0 saturated carbocycles. The number of rotatable bonds is 5. The van der Waals surface area contributed by atoms with Crippen molar-refractivity contribution in [2.45, 2.75) is 26.2 Å². The van der Waals surface area contributed by atoms with Gasteiger partial charge in [-0.05, 0) is 53.8 Å². The maximum atomic E-state index is 13.0. The van der Waals surface area contributed by atoms with Crippen molar-refractivity contribution < 1.29 is 14.4 Å². The van der Waals surface area contributed by atoms with Gasteiger partial charge in [0.15, 0.2) is 0 Å². The quantitative estimate of drug-likeness (QED) is 0.619. The first-order valence-corrected chi connectivity index (χ1v) is 9.60. The SMILES string of the molecule is CC[C@H](C)c1ccc(N2C(=O)NC(=O)/C(=C/c3ccc(N(C)C)cc3)C2=O)cc1. The van der Waals surface area contributed by atoms with Gasteiger partial charge < -0.3 is 4.90 Å². The topological polar surface area (TPSA) is 69.7 Å². The molecule has 1 atom stereocenters. The summed E-state index contributed by atoms with van der Waals surface area (Å²) in [4.78, 5) is 40.6. The summed E-state index contributed by atoms with van der Waals surface area (Å²) >= 11 is 0. The summed E-state index contributed by atoms with van der Waals surface area (Å²) in [6, 6.07) is 14.0. The Labute approximate surface area is 170 Å². The normalized spacial score (nSPS) is 16.8. The summed E-state index contributed by atoms with van der Waals surface area (Å²) < 4.78 is 0. The Balaban J connectivity index is 1.91. The van der Waals surface area contributed by atoms with Crippen LogP contribution in [-0.4, -0.2) is 31.9 Å². The molecule has 4 amide bonds. The molecule has 1 fully saturated rings. The number of nitrogens with zero attached hydrogens (tertiary/aromatic N) is 2. The number of barbiturate groups is 1. The molecule has 0 aromatic heterocycles. The second-order valence-corrected chi connectivity index (χ2v) is 7.34. The molecule has 2 aromatic carbocycles. The predicted octanol–water partition coefficient (Wildman–Crippen LogP) is 3.93. The van der Waals surface area contributed by atoms with E-state index in [2.05, 4.69) is 19.2 Å². The molecule has 150 valence electrons. The predicted molar refractivity (Wildman–Crippen MR) is 115 cm³/mol. The smallest absolute Gasteiger partial charge is 0.335 e. The number of imide groups is 2. The van der Waals surface area contributed by atoms with Crippen molar-refractivity contribution in [3.63, 3.8) is 0 Å². The molecule has 1 heterocycles. The molecular formula is C23H25N3O3. The summed E-state index contributed by atoms with van der Waals surface area (Å²) in [5.74, 6) is -0.937. The van der Waals surface area contributed by atoms with E-state index in [0.717, 1.165) is 22.6 Å².